The minimum Gasteiger partial charge on any atom is -0.359 e. The van der Waals surface area contributed by atoms with E-state index in [1.807, 2.05) is 0 Å². The van der Waals surface area contributed by atoms with E-state index in [2.05, 4.69) is 9.97 Å². The van der Waals surface area contributed by atoms with Crippen LogP contribution in [0.5, 0.6) is 0 Å². The molecule has 0 bridgehead atoms. The van der Waals surface area contributed by atoms with E-state index in [1.165, 1.54) is 12.4 Å². The normalized spacial score (nSPS) is 15.9. The summed E-state index contributed by atoms with van der Waals surface area (Å²) in [4.78, 5) is 20.9. The van der Waals surface area contributed by atoms with Crippen molar-refractivity contribution in [2.24, 2.45) is 0 Å². The van der Waals surface area contributed by atoms with Crippen molar-refractivity contribution in [3.8, 4) is 0 Å². The summed E-state index contributed by atoms with van der Waals surface area (Å²) in [6.07, 6.45) is 2.72. The summed E-state index contributed by atoms with van der Waals surface area (Å²) < 4.78 is 5.05. The van der Waals surface area contributed by atoms with E-state index in [-0.39, 0.29) is 11.1 Å². The Kier molecular flexibility index (Phi) is 2.60. The predicted octanol–water partition coefficient (Wildman–Crippen LogP) is 0.560. The lowest BCUT2D eigenvalue weighted by Crippen LogP contribution is -2.29. The van der Waals surface area contributed by atoms with Crippen molar-refractivity contribution in [2.45, 2.75) is 0 Å². The van der Waals surface area contributed by atoms with Gasteiger partial charge >= 0.3 is 0 Å². The molecule has 5 nitrogen and oxygen atoms in total. The number of hydrogen-bond acceptors (Lipinski definition) is 4. The van der Waals surface area contributed by atoms with Crippen LogP contribution < -0.4 is 0 Å². The molecule has 0 spiro atoms. The van der Waals surface area contributed by atoms with Gasteiger partial charge in [-0.25, -0.2) is 9.97 Å². The molecule has 74 valence electrons. The zero-order valence-electron chi connectivity index (χ0n) is 7.31. The van der Waals surface area contributed by atoms with Crippen molar-refractivity contribution in [1.29, 1.82) is 0 Å². The van der Waals surface area contributed by atoms with Gasteiger partial charge in [0.05, 0.1) is 19.0 Å². The molecule has 6 heteroatoms. The maximum Gasteiger partial charge on any atom is 0.275 e. The first-order valence-electron chi connectivity index (χ1n) is 4.12. The molecule has 14 heavy (non-hydrogen) atoms. The van der Waals surface area contributed by atoms with Gasteiger partial charge in [0.2, 0.25) is 0 Å². The van der Waals surface area contributed by atoms with E-state index in [0.717, 1.165) is 0 Å². The molecule has 2 heterocycles. The summed E-state index contributed by atoms with van der Waals surface area (Å²) in [5, 5.41) is 0.277. The molecule has 1 aliphatic rings. The molecule has 0 saturated carbocycles. The Morgan fingerprint density at radius 1 is 1.50 bits per heavy atom. The second kappa shape index (κ2) is 3.89. The molecule has 2 rings (SSSR count). The minimum atomic E-state index is -0.174. The smallest absolute Gasteiger partial charge is 0.275 e. The van der Waals surface area contributed by atoms with Crippen LogP contribution in [-0.4, -0.2) is 40.7 Å². The van der Waals surface area contributed by atoms with Gasteiger partial charge in [-0.05, 0) is 0 Å². The number of carbonyl (C=O) groups is 1. The maximum absolute atomic E-state index is 11.7. The van der Waals surface area contributed by atoms with E-state index in [0.29, 0.717) is 25.6 Å². The van der Waals surface area contributed by atoms with Gasteiger partial charge in [0.1, 0.15) is 17.6 Å². The summed E-state index contributed by atoms with van der Waals surface area (Å²) >= 11 is 5.55. The van der Waals surface area contributed by atoms with E-state index < -0.39 is 0 Å². The van der Waals surface area contributed by atoms with Crippen LogP contribution in [-0.2, 0) is 4.74 Å². The average molecular weight is 214 g/mol. The average Bonchev–Trinajstić information content (AvgIpc) is 2.71. The molecular weight excluding hydrogens is 206 g/mol. The molecule has 0 atom stereocenters. The zero-order valence-corrected chi connectivity index (χ0v) is 8.07. The van der Waals surface area contributed by atoms with Crippen molar-refractivity contribution in [3.63, 3.8) is 0 Å². The Hall–Kier alpha value is -1.20. The fourth-order valence-electron chi connectivity index (χ4n) is 1.16. The van der Waals surface area contributed by atoms with Gasteiger partial charge in [-0.3, -0.25) is 4.79 Å². The summed E-state index contributed by atoms with van der Waals surface area (Å²) in [5.74, 6) is -0.174. The topological polar surface area (TPSA) is 55.3 Å². The highest BCUT2D eigenvalue weighted by Gasteiger charge is 2.20. The number of amides is 1. The second-order valence-electron chi connectivity index (χ2n) is 2.83. The molecule has 0 radical (unpaired) electrons. The van der Waals surface area contributed by atoms with Crippen LogP contribution in [0.4, 0.5) is 0 Å². The number of carbonyl (C=O) groups excluding carboxylic acids is 1. The molecule has 0 aromatic carbocycles. The van der Waals surface area contributed by atoms with Gasteiger partial charge < -0.3 is 9.64 Å². The number of ether oxygens (including phenoxy) is 1. The fourth-order valence-corrected chi connectivity index (χ4v) is 1.26. The van der Waals surface area contributed by atoms with Crippen LogP contribution in [0.1, 0.15) is 10.5 Å². The van der Waals surface area contributed by atoms with Gasteiger partial charge in [-0.15, -0.1) is 0 Å². The van der Waals surface area contributed by atoms with Crippen molar-refractivity contribution in [3.05, 3.63) is 23.2 Å². The Balaban J connectivity index is 2.14. The molecule has 1 aromatic heterocycles. The number of nitrogens with zero attached hydrogens (tertiary/aromatic N) is 3. The predicted molar refractivity (Wildman–Crippen MR) is 48.9 cm³/mol. The fraction of sp³-hybridized carbons (Fsp3) is 0.375. The lowest BCUT2D eigenvalue weighted by atomic mass is 10.4. The molecular formula is C8H8ClN3O2. The lowest BCUT2D eigenvalue weighted by Gasteiger charge is -2.11. The van der Waals surface area contributed by atoms with Crippen molar-refractivity contribution < 1.29 is 9.53 Å². The maximum atomic E-state index is 11.7. The minimum absolute atomic E-state index is 0.174. The van der Waals surface area contributed by atoms with Crippen LogP contribution >= 0.6 is 11.6 Å². The molecule has 0 unspecified atom stereocenters. The number of rotatable bonds is 1. The van der Waals surface area contributed by atoms with Crippen LogP contribution in [0.2, 0.25) is 5.15 Å². The molecule has 1 aliphatic heterocycles. The number of aromatic nitrogens is 2. The molecule has 1 fully saturated rings. The third kappa shape index (κ3) is 1.83. The third-order valence-electron chi connectivity index (χ3n) is 1.88. The Morgan fingerprint density at radius 3 is 2.93 bits per heavy atom. The quantitative estimate of drug-likeness (QED) is 0.684. The number of halogens is 1. The highest BCUT2D eigenvalue weighted by atomic mass is 35.5. The van der Waals surface area contributed by atoms with E-state index in [1.54, 1.807) is 4.90 Å². The summed E-state index contributed by atoms with van der Waals surface area (Å²) in [7, 11) is 0. The highest BCUT2D eigenvalue weighted by molar-refractivity contribution is 6.29. The zero-order chi connectivity index (χ0) is 9.97. The lowest BCUT2D eigenvalue weighted by molar-refractivity contribution is 0.0689. The van der Waals surface area contributed by atoms with Gasteiger partial charge in [-0.2, -0.15) is 0 Å². The first-order chi connectivity index (χ1) is 6.77. The monoisotopic (exact) mass is 213 g/mol. The highest BCUT2D eigenvalue weighted by Crippen LogP contribution is 2.07. The number of hydrogen-bond donors (Lipinski definition) is 0. The Morgan fingerprint density at radius 2 is 2.36 bits per heavy atom. The molecule has 1 amide bonds. The molecule has 0 N–H and O–H groups in total. The molecule has 1 aromatic rings. The Bertz CT molecular complexity index is 335. The van der Waals surface area contributed by atoms with E-state index >= 15 is 0 Å². The molecule has 0 aliphatic carbocycles. The summed E-state index contributed by atoms with van der Waals surface area (Å²) in [6, 6.07) is 0. The van der Waals surface area contributed by atoms with Gasteiger partial charge in [0.15, 0.2) is 0 Å². The van der Waals surface area contributed by atoms with Crippen molar-refractivity contribution >= 4 is 17.5 Å². The van der Waals surface area contributed by atoms with Gasteiger partial charge in [0, 0.05) is 6.54 Å². The van der Waals surface area contributed by atoms with Crippen LogP contribution in [0.25, 0.3) is 0 Å². The molecule has 1 saturated heterocycles. The van der Waals surface area contributed by atoms with Gasteiger partial charge in [-0.1, -0.05) is 11.6 Å². The van der Waals surface area contributed by atoms with Crippen LogP contribution in [0, 0.1) is 0 Å². The Labute approximate surface area is 85.7 Å². The van der Waals surface area contributed by atoms with E-state index in [4.69, 9.17) is 16.3 Å². The first-order valence-corrected chi connectivity index (χ1v) is 4.50. The van der Waals surface area contributed by atoms with Crippen LogP contribution in [0.15, 0.2) is 12.4 Å². The summed E-state index contributed by atoms with van der Waals surface area (Å²) in [5.41, 5.74) is 0.292. The van der Waals surface area contributed by atoms with Crippen molar-refractivity contribution in [1.82, 2.24) is 14.9 Å². The van der Waals surface area contributed by atoms with Crippen LogP contribution in [0.3, 0.4) is 0 Å². The second-order valence-corrected chi connectivity index (χ2v) is 3.22. The van der Waals surface area contributed by atoms with Gasteiger partial charge in [0.25, 0.3) is 5.91 Å². The summed E-state index contributed by atoms with van der Waals surface area (Å²) in [6.45, 7) is 1.50. The largest absolute Gasteiger partial charge is 0.359 e. The van der Waals surface area contributed by atoms with E-state index in [9.17, 15) is 4.79 Å². The SMILES string of the molecule is O=C(c1cnc(Cl)cn1)N1CCOC1. The van der Waals surface area contributed by atoms with Crippen molar-refractivity contribution in [2.75, 3.05) is 19.9 Å². The standard InChI is InChI=1S/C8H8ClN3O2/c9-7-4-10-6(3-11-7)8(13)12-1-2-14-5-12/h3-4H,1-2,5H2. The first kappa shape index (κ1) is 9.36. The third-order valence-corrected chi connectivity index (χ3v) is 2.07.